The van der Waals surface area contributed by atoms with E-state index in [4.69, 9.17) is 22.7 Å². The SMILES string of the molecule is NC(=S)c1c(Br)cccc1Oc1cncc(Br)c1. The van der Waals surface area contributed by atoms with Crippen molar-refractivity contribution in [1.29, 1.82) is 0 Å². The third-order valence-corrected chi connectivity index (χ3v) is 3.43. The van der Waals surface area contributed by atoms with Crippen LogP contribution in [-0.4, -0.2) is 9.97 Å². The molecule has 0 fully saturated rings. The minimum Gasteiger partial charge on any atom is -0.455 e. The van der Waals surface area contributed by atoms with Gasteiger partial charge in [0.05, 0.1) is 11.8 Å². The van der Waals surface area contributed by atoms with Gasteiger partial charge < -0.3 is 10.5 Å². The first-order chi connectivity index (χ1) is 8.58. The molecule has 0 radical (unpaired) electrons. The number of ether oxygens (including phenoxy) is 1. The molecule has 2 rings (SSSR count). The largest absolute Gasteiger partial charge is 0.455 e. The zero-order valence-corrected chi connectivity index (χ0v) is 13.0. The maximum atomic E-state index is 5.74. The lowest BCUT2D eigenvalue weighted by Crippen LogP contribution is -2.11. The number of hydrogen-bond donors (Lipinski definition) is 1. The van der Waals surface area contributed by atoms with Crippen LogP contribution in [0.3, 0.4) is 0 Å². The Bertz CT molecular complexity index is 604. The summed E-state index contributed by atoms with van der Waals surface area (Å²) in [6.07, 6.45) is 3.30. The van der Waals surface area contributed by atoms with E-state index in [1.165, 1.54) is 0 Å². The lowest BCUT2D eigenvalue weighted by Gasteiger charge is -2.11. The normalized spacial score (nSPS) is 10.1. The molecule has 0 spiro atoms. The van der Waals surface area contributed by atoms with Crippen LogP contribution in [0.15, 0.2) is 45.6 Å². The number of aromatic nitrogens is 1. The summed E-state index contributed by atoms with van der Waals surface area (Å²) in [4.78, 5) is 4.31. The number of pyridine rings is 1. The van der Waals surface area contributed by atoms with Crippen LogP contribution in [0.4, 0.5) is 0 Å². The van der Waals surface area contributed by atoms with Crippen LogP contribution in [0.2, 0.25) is 0 Å². The van der Waals surface area contributed by atoms with Gasteiger partial charge in [-0.2, -0.15) is 0 Å². The first-order valence-corrected chi connectivity index (χ1v) is 6.94. The van der Waals surface area contributed by atoms with Crippen molar-refractivity contribution in [1.82, 2.24) is 4.98 Å². The minimum atomic E-state index is 0.278. The molecule has 1 aromatic heterocycles. The zero-order valence-electron chi connectivity index (χ0n) is 9.06. The molecule has 0 saturated heterocycles. The maximum absolute atomic E-state index is 5.74. The van der Waals surface area contributed by atoms with E-state index in [0.717, 1.165) is 8.95 Å². The topological polar surface area (TPSA) is 48.1 Å². The number of nitrogens with two attached hydrogens (primary N) is 1. The number of hydrogen-bond acceptors (Lipinski definition) is 3. The fourth-order valence-corrected chi connectivity index (χ4v) is 2.65. The summed E-state index contributed by atoms with van der Waals surface area (Å²) in [5, 5.41) is 0. The van der Waals surface area contributed by atoms with Gasteiger partial charge in [-0.05, 0) is 50.1 Å². The van der Waals surface area contributed by atoms with Gasteiger partial charge >= 0.3 is 0 Å². The van der Waals surface area contributed by atoms with E-state index in [9.17, 15) is 0 Å². The molecule has 2 aromatic rings. The Balaban J connectivity index is 2.40. The molecule has 0 aliphatic carbocycles. The van der Waals surface area contributed by atoms with Crippen LogP contribution >= 0.6 is 44.1 Å². The maximum Gasteiger partial charge on any atom is 0.146 e. The Labute approximate surface area is 127 Å². The average Bonchev–Trinajstić information content (AvgIpc) is 2.28. The molecule has 0 bridgehead atoms. The van der Waals surface area contributed by atoms with Gasteiger partial charge in [0.15, 0.2) is 0 Å². The Hall–Kier alpha value is -0.980. The molecule has 0 unspecified atom stereocenters. The van der Waals surface area contributed by atoms with E-state index >= 15 is 0 Å². The Kier molecular flexibility index (Phi) is 4.31. The van der Waals surface area contributed by atoms with Gasteiger partial charge in [0, 0.05) is 15.1 Å². The number of thiocarbonyl (C=S) groups is 1. The molecular weight excluding hydrogens is 380 g/mol. The lowest BCUT2D eigenvalue weighted by atomic mass is 10.2. The van der Waals surface area contributed by atoms with Crippen molar-refractivity contribution < 1.29 is 4.74 Å². The predicted molar refractivity (Wildman–Crippen MR) is 82.0 cm³/mol. The minimum absolute atomic E-state index is 0.278. The van der Waals surface area contributed by atoms with Gasteiger partial charge in [-0.25, -0.2) is 0 Å². The lowest BCUT2D eigenvalue weighted by molar-refractivity contribution is 0.478. The average molecular weight is 388 g/mol. The molecule has 1 heterocycles. The second-order valence-corrected chi connectivity index (χ2v) is 5.63. The summed E-state index contributed by atoms with van der Waals surface area (Å²) in [5.41, 5.74) is 6.37. The van der Waals surface area contributed by atoms with Gasteiger partial charge in [0.1, 0.15) is 16.5 Å². The van der Waals surface area contributed by atoms with Crippen LogP contribution in [0.25, 0.3) is 0 Å². The molecule has 0 aliphatic heterocycles. The highest BCUT2D eigenvalue weighted by molar-refractivity contribution is 9.10. The molecule has 18 heavy (non-hydrogen) atoms. The second kappa shape index (κ2) is 5.77. The number of rotatable bonds is 3. The van der Waals surface area contributed by atoms with E-state index < -0.39 is 0 Å². The van der Waals surface area contributed by atoms with E-state index in [-0.39, 0.29) is 4.99 Å². The van der Waals surface area contributed by atoms with E-state index in [0.29, 0.717) is 17.1 Å². The highest BCUT2D eigenvalue weighted by Gasteiger charge is 2.11. The summed E-state index contributed by atoms with van der Waals surface area (Å²) in [7, 11) is 0. The van der Waals surface area contributed by atoms with Crippen LogP contribution in [-0.2, 0) is 0 Å². The molecule has 3 nitrogen and oxygen atoms in total. The second-order valence-electron chi connectivity index (χ2n) is 3.42. The molecule has 1 aromatic carbocycles. The summed E-state index contributed by atoms with van der Waals surface area (Å²) in [6.45, 7) is 0. The third-order valence-electron chi connectivity index (χ3n) is 2.13. The van der Waals surface area contributed by atoms with E-state index in [1.807, 2.05) is 18.2 Å². The van der Waals surface area contributed by atoms with Crippen molar-refractivity contribution in [2.45, 2.75) is 0 Å². The van der Waals surface area contributed by atoms with Crippen LogP contribution in [0.5, 0.6) is 11.5 Å². The fourth-order valence-electron chi connectivity index (χ4n) is 1.40. The van der Waals surface area contributed by atoms with Crippen molar-refractivity contribution in [3.05, 3.63) is 51.2 Å². The highest BCUT2D eigenvalue weighted by atomic mass is 79.9. The molecule has 0 aliphatic rings. The van der Waals surface area contributed by atoms with Crippen LogP contribution in [0, 0.1) is 0 Å². The van der Waals surface area contributed by atoms with Gasteiger partial charge in [-0.15, -0.1) is 0 Å². The first kappa shape index (κ1) is 13.5. The van der Waals surface area contributed by atoms with Crippen molar-refractivity contribution in [2.75, 3.05) is 0 Å². The Morgan fingerprint density at radius 1 is 1.28 bits per heavy atom. The summed E-state index contributed by atoms with van der Waals surface area (Å²) in [5.74, 6) is 1.21. The Morgan fingerprint density at radius 3 is 2.72 bits per heavy atom. The van der Waals surface area contributed by atoms with Gasteiger partial charge in [-0.1, -0.05) is 18.3 Å². The zero-order chi connectivity index (χ0) is 13.1. The predicted octanol–water partition coefficient (Wildman–Crippen LogP) is 4.03. The summed E-state index contributed by atoms with van der Waals surface area (Å²) < 4.78 is 7.38. The van der Waals surface area contributed by atoms with Gasteiger partial charge in [0.2, 0.25) is 0 Å². The molecule has 0 amide bonds. The molecule has 2 N–H and O–H groups in total. The highest BCUT2D eigenvalue weighted by Crippen LogP contribution is 2.31. The van der Waals surface area contributed by atoms with Crippen molar-refractivity contribution in [3.63, 3.8) is 0 Å². The van der Waals surface area contributed by atoms with E-state index in [1.54, 1.807) is 18.5 Å². The van der Waals surface area contributed by atoms with Crippen molar-refractivity contribution >= 4 is 49.1 Å². The van der Waals surface area contributed by atoms with Crippen molar-refractivity contribution in [3.8, 4) is 11.5 Å². The molecule has 92 valence electrons. The molecular formula is C12H8Br2N2OS. The Morgan fingerprint density at radius 2 is 2.06 bits per heavy atom. The third kappa shape index (κ3) is 3.07. The molecule has 0 saturated carbocycles. The fraction of sp³-hybridized carbons (Fsp3) is 0. The van der Waals surface area contributed by atoms with E-state index in [2.05, 4.69) is 36.8 Å². The van der Waals surface area contributed by atoms with Crippen molar-refractivity contribution in [2.24, 2.45) is 5.73 Å². The number of benzene rings is 1. The summed E-state index contributed by atoms with van der Waals surface area (Å²) in [6, 6.07) is 7.34. The summed E-state index contributed by atoms with van der Waals surface area (Å²) >= 11 is 11.8. The quantitative estimate of drug-likeness (QED) is 0.807. The van der Waals surface area contributed by atoms with Crippen LogP contribution < -0.4 is 10.5 Å². The monoisotopic (exact) mass is 386 g/mol. The molecule has 6 heteroatoms. The van der Waals surface area contributed by atoms with Crippen LogP contribution in [0.1, 0.15) is 5.56 Å². The first-order valence-electron chi connectivity index (χ1n) is 4.94. The molecule has 0 atom stereocenters. The standard InChI is InChI=1S/C12H8Br2N2OS/c13-7-4-8(6-16-5-7)17-10-3-1-2-9(14)11(10)12(15)18/h1-6H,(H2,15,18). The number of halogens is 2. The number of nitrogens with zero attached hydrogens (tertiary/aromatic N) is 1. The van der Waals surface area contributed by atoms with Gasteiger partial charge in [0.25, 0.3) is 0 Å². The van der Waals surface area contributed by atoms with Gasteiger partial charge in [-0.3, -0.25) is 4.98 Å². The smallest absolute Gasteiger partial charge is 0.146 e.